The Balaban J connectivity index is 1.79. The molecule has 5 nitrogen and oxygen atoms in total. The topological polar surface area (TPSA) is 64.4 Å². The molecule has 0 unspecified atom stereocenters. The molecular weight excluding hydrogens is 244 g/mol. The van der Waals surface area contributed by atoms with Crippen molar-refractivity contribution in [3.8, 4) is 0 Å². The molecule has 0 bridgehead atoms. The van der Waals surface area contributed by atoms with Crippen molar-refractivity contribution < 1.29 is 13.9 Å². The minimum atomic E-state index is -0.165. The Labute approximate surface area is 112 Å². The SMILES string of the molecule is COC(=O)CCCNCc1ccc2oc(C)nc2c1. The zero-order chi connectivity index (χ0) is 13.7. The number of benzene rings is 1. The highest BCUT2D eigenvalue weighted by atomic mass is 16.5. The summed E-state index contributed by atoms with van der Waals surface area (Å²) in [6.07, 6.45) is 1.23. The van der Waals surface area contributed by atoms with E-state index in [1.807, 2.05) is 25.1 Å². The van der Waals surface area contributed by atoms with Crippen LogP contribution in [0.2, 0.25) is 0 Å². The number of carbonyl (C=O) groups is 1. The van der Waals surface area contributed by atoms with Gasteiger partial charge in [-0.15, -0.1) is 0 Å². The van der Waals surface area contributed by atoms with Crippen molar-refractivity contribution in [2.24, 2.45) is 0 Å². The lowest BCUT2D eigenvalue weighted by Crippen LogP contribution is -2.16. The minimum absolute atomic E-state index is 0.165. The smallest absolute Gasteiger partial charge is 0.305 e. The highest BCUT2D eigenvalue weighted by Crippen LogP contribution is 2.16. The number of oxazole rings is 1. The number of fused-ring (bicyclic) bond motifs is 1. The van der Waals surface area contributed by atoms with Crippen LogP contribution in [0.1, 0.15) is 24.3 Å². The van der Waals surface area contributed by atoms with Crippen molar-refractivity contribution in [2.45, 2.75) is 26.3 Å². The summed E-state index contributed by atoms with van der Waals surface area (Å²) in [7, 11) is 1.41. The van der Waals surface area contributed by atoms with Gasteiger partial charge in [-0.1, -0.05) is 6.07 Å². The van der Waals surface area contributed by atoms with E-state index in [2.05, 4.69) is 15.0 Å². The van der Waals surface area contributed by atoms with Crippen LogP contribution >= 0.6 is 0 Å². The molecule has 0 atom stereocenters. The van der Waals surface area contributed by atoms with Crippen molar-refractivity contribution in [2.75, 3.05) is 13.7 Å². The van der Waals surface area contributed by atoms with Gasteiger partial charge in [0.05, 0.1) is 7.11 Å². The van der Waals surface area contributed by atoms with Crippen LogP contribution in [0, 0.1) is 6.92 Å². The molecule has 1 heterocycles. The first-order valence-corrected chi connectivity index (χ1v) is 6.32. The van der Waals surface area contributed by atoms with Crippen LogP contribution in [0.5, 0.6) is 0 Å². The molecule has 0 amide bonds. The summed E-state index contributed by atoms with van der Waals surface area (Å²) in [5.74, 6) is 0.513. The first-order valence-electron chi connectivity index (χ1n) is 6.32. The Kier molecular flexibility index (Phi) is 4.52. The van der Waals surface area contributed by atoms with Gasteiger partial charge in [-0.2, -0.15) is 0 Å². The molecule has 1 aromatic heterocycles. The summed E-state index contributed by atoms with van der Waals surface area (Å²) in [6.45, 7) is 3.37. The van der Waals surface area contributed by atoms with Gasteiger partial charge in [-0.05, 0) is 30.7 Å². The fourth-order valence-electron chi connectivity index (χ4n) is 1.89. The summed E-state index contributed by atoms with van der Waals surface area (Å²) >= 11 is 0. The zero-order valence-electron chi connectivity index (χ0n) is 11.2. The van der Waals surface area contributed by atoms with Crippen molar-refractivity contribution in [3.63, 3.8) is 0 Å². The zero-order valence-corrected chi connectivity index (χ0v) is 11.2. The molecular formula is C14H18N2O3. The second kappa shape index (κ2) is 6.33. The lowest BCUT2D eigenvalue weighted by molar-refractivity contribution is -0.140. The quantitative estimate of drug-likeness (QED) is 0.638. The minimum Gasteiger partial charge on any atom is -0.469 e. The average molecular weight is 262 g/mol. The second-order valence-electron chi connectivity index (χ2n) is 4.39. The average Bonchev–Trinajstić information content (AvgIpc) is 2.77. The fraction of sp³-hybridized carbons (Fsp3) is 0.429. The number of ether oxygens (including phenoxy) is 1. The van der Waals surface area contributed by atoms with Crippen LogP contribution < -0.4 is 5.32 Å². The predicted octanol–water partition coefficient (Wildman–Crippen LogP) is 2.18. The van der Waals surface area contributed by atoms with Gasteiger partial charge in [0.25, 0.3) is 0 Å². The molecule has 1 N–H and O–H groups in total. The molecule has 0 saturated heterocycles. The van der Waals surface area contributed by atoms with Gasteiger partial charge in [-0.3, -0.25) is 4.79 Å². The van der Waals surface area contributed by atoms with E-state index in [0.717, 1.165) is 36.2 Å². The van der Waals surface area contributed by atoms with Crippen molar-refractivity contribution in [1.82, 2.24) is 10.3 Å². The molecule has 102 valence electrons. The van der Waals surface area contributed by atoms with Crippen LogP contribution in [-0.2, 0) is 16.1 Å². The Morgan fingerprint density at radius 3 is 3.11 bits per heavy atom. The largest absolute Gasteiger partial charge is 0.469 e. The number of nitrogens with zero attached hydrogens (tertiary/aromatic N) is 1. The molecule has 0 radical (unpaired) electrons. The molecule has 0 spiro atoms. The molecule has 19 heavy (non-hydrogen) atoms. The Bertz CT molecular complexity index is 563. The number of hydrogen-bond donors (Lipinski definition) is 1. The summed E-state index contributed by atoms with van der Waals surface area (Å²) in [4.78, 5) is 15.2. The standard InChI is InChI=1S/C14H18N2O3/c1-10-16-12-8-11(5-6-13(12)19-10)9-15-7-3-4-14(17)18-2/h5-6,8,15H,3-4,7,9H2,1-2H3. The van der Waals surface area contributed by atoms with Crippen LogP contribution in [0.4, 0.5) is 0 Å². The van der Waals surface area contributed by atoms with Crippen LogP contribution in [0.25, 0.3) is 11.1 Å². The third kappa shape index (κ3) is 3.79. The number of carbonyl (C=O) groups excluding carboxylic acids is 1. The fourth-order valence-corrected chi connectivity index (χ4v) is 1.89. The highest BCUT2D eigenvalue weighted by Gasteiger charge is 2.03. The van der Waals surface area contributed by atoms with E-state index >= 15 is 0 Å². The molecule has 0 fully saturated rings. The molecule has 0 aliphatic heterocycles. The summed E-state index contributed by atoms with van der Waals surface area (Å²) in [5.41, 5.74) is 2.84. The number of hydrogen-bond acceptors (Lipinski definition) is 5. The van der Waals surface area contributed by atoms with E-state index in [1.165, 1.54) is 7.11 Å². The number of methoxy groups -OCH3 is 1. The normalized spacial score (nSPS) is 10.8. The van der Waals surface area contributed by atoms with Gasteiger partial charge >= 0.3 is 5.97 Å². The van der Waals surface area contributed by atoms with Crippen LogP contribution in [0.15, 0.2) is 22.6 Å². The molecule has 0 saturated carbocycles. The molecule has 2 rings (SSSR count). The van der Waals surface area contributed by atoms with E-state index in [9.17, 15) is 4.79 Å². The Hall–Kier alpha value is -1.88. The van der Waals surface area contributed by atoms with Gasteiger partial charge < -0.3 is 14.5 Å². The highest BCUT2D eigenvalue weighted by molar-refractivity contribution is 5.73. The molecule has 1 aromatic carbocycles. The summed E-state index contributed by atoms with van der Waals surface area (Å²) in [6, 6.07) is 5.96. The molecule has 0 aliphatic carbocycles. The summed E-state index contributed by atoms with van der Waals surface area (Å²) in [5, 5.41) is 3.29. The van der Waals surface area contributed by atoms with Gasteiger partial charge in [0, 0.05) is 19.9 Å². The van der Waals surface area contributed by atoms with Gasteiger partial charge in [0.2, 0.25) is 0 Å². The monoisotopic (exact) mass is 262 g/mol. The van der Waals surface area contributed by atoms with Crippen molar-refractivity contribution in [3.05, 3.63) is 29.7 Å². The van der Waals surface area contributed by atoms with Gasteiger partial charge in [0.1, 0.15) is 5.52 Å². The third-order valence-corrected chi connectivity index (χ3v) is 2.85. The van der Waals surface area contributed by atoms with E-state index < -0.39 is 0 Å². The number of rotatable bonds is 6. The maximum atomic E-state index is 10.9. The van der Waals surface area contributed by atoms with Gasteiger partial charge in [0.15, 0.2) is 11.5 Å². The van der Waals surface area contributed by atoms with Crippen LogP contribution in [0.3, 0.4) is 0 Å². The predicted molar refractivity (Wildman–Crippen MR) is 71.7 cm³/mol. The molecule has 0 aliphatic rings. The number of nitrogens with one attached hydrogen (secondary N) is 1. The van der Waals surface area contributed by atoms with Gasteiger partial charge in [-0.25, -0.2) is 4.98 Å². The number of aromatic nitrogens is 1. The van der Waals surface area contributed by atoms with Crippen LogP contribution in [-0.4, -0.2) is 24.6 Å². The number of esters is 1. The van der Waals surface area contributed by atoms with E-state index in [-0.39, 0.29) is 5.97 Å². The maximum Gasteiger partial charge on any atom is 0.305 e. The van der Waals surface area contributed by atoms with E-state index in [4.69, 9.17) is 4.42 Å². The lowest BCUT2D eigenvalue weighted by Gasteiger charge is -2.04. The molecule has 2 aromatic rings. The van der Waals surface area contributed by atoms with E-state index in [1.54, 1.807) is 0 Å². The lowest BCUT2D eigenvalue weighted by atomic mass is 10.2. The van der Waals surface area contributed by atoms with Crippen molar-refractivity contribution >= 4 is 17.1 Å². The Morgan fingerprint density at radius 1 is 1.47 bits per heavy atom. The summed E-state index contributed by atoms with van der Waals surface area (Å²) < 4.78 is 10.0. The molecule has 5 heteroatoms. The number of aryl methyl sites for hydroxylation is 1. The third-order valence-electron chi connectivity index (χ3n) is 2.85. The maximum absolute atomic E-state index is 10.9. The second-order valence-corrected chi connectivity index (χ2v) is 4.39. The van der Waals surface area contributed by atoms with Crippen molar-refractivity contribution in [1.29, 1.82) is 0 Å². The van der Waals surface area contributed by atoms with E-state index in [0.29, 0.717) is 12.3 Å². The first kappa shape index (κ1) is 13.5. The first-order chi connectivity index (χ1) is 9.19. The Morgan fingerprint density at radius 2 is 2.32 bits per heavy atom.